The molecule has 1 aliphatic heterocycles. The average Bonchev–Trinajstić information content (AvgIpc) is 3.08. The molecule has 2 rings (SSSR count). The molecular formula is C30H47N5O6. The zero-order valence-corrected chi connectivity index (χ0v) is 26.0. The normalized spacial score (nSPS) is 19.6. The summed E-state index contributed by atoms with van der Waals surface area (Å²) in [5.41, 5.74) is 2.69. The van der Waals surface area contributed by atoms with E-state index in [1.165, 1.54) is 4.90 Å². The van der Waals surface area contributed by atoms with Gasteiger partial charge in [0.2, 0.25) is 11.8 Å². The van der Waals surface area contributed by atoms with Gasteiger partial charge < -0.3 is 25.0 Å². The fourth-order valence-corrected chi connectivity index (χ4v) is 4.69. The van der Waals surface area contributed by atoms with E-state index < -0.39 is 59.2 Å². The monoisotopic (exact) mass is 573 g/mol. The lowest BCUT2D eigenvalue weighted by molar-refractivity contribution is -0.152. The van der Waals surface area contributed by atoms with Crippen molar-refractivity contribution < 1.29 is 28.7 Å². The first-order valence-corrected chi connectivity index (χ1v) is 14.0. The summed E-state index contributed by atoms with van der Waals surface area (Å²) in [7, 11) is 0. The maximum absolute atomic E-state index is 13.7. The highest BCUT2D eigenvalue weighted by atomic mass is 16.6. The quantitative estimate of drug-likeness (QED) is 0.290. The lowest BCUT2D eigenvalue weighted by Crippen LogP contribution is -2.58. The van der Waals surface area contributed by atoms with Gasteiger partial charge in [0.25, 0.3) is 5.91 Å². The van der Waals surface area contributed by atoms with E-state index in [1.807, 2.05) is 58.0 Å². The second-order valence-corrected chi connectivity index (χ2v) is 12.7. The van der Waals surface area contributed by atoms with Crippen molar-refractivity contribution in [3.63, 3.8) is 0 Å². The molecule has 11 heteroatoms. The van der Waals surface area contributed by atoms with Crippen molar-refractivity contribution in [1.82, 2.24) is 21.0 Å². The minimum absolute atomic E-state index is 0.196. The molecule has 1 unspecified atom stereocenters. The maximum atomic E-state index is 13.7. The van der Waals surface area contributed by atoms with Crippen molar-refractivity contribution in [2.45, 2.75) is 124 Å². The first-order valence-electron chi connectivity index (χ1n) is 14.0. The number of hydrogen-bond donors (Lipinski definition) is 3. The van der Waals surface area contributed by atoms with Crippen LogP contribution in [0, 0.1) is 0 Å². The Morgan fingerprint density at radius 2 is 1.63 bits per heavy atom. The van der Waals surface area contributed by atoms with Gasteiger partial charge in [0.1, 0.15) is 23.7 Å². The van der Waals surface area contributed by atoms with Crippen LogP contribution in [0.1, 0.15) is 81.2 Å². The van der Waals surface area contributed by atoms with Crippen molar-refractivity contribution in [2.75, 3.05) is 0 Å². The number of likely N-dealkylation sites (tertiary alicyclic amines) is 1. The predicted molar refractivity (Wildman–Crippen MR) is 157 cm³/mol. The van der Waals surface area contributed by atoms with Gasteiger partial charge in [-0.2, -0.15) is 5.10 Å². The van der Waals surface area contributed by atoms with E-state index in [0.717, 1.165) is 5.56 Å². The number of hydrogen-bond acceptors (Lipinski definition) is 7. The number of amides is 4. The Morgan fingerprint density at radius 1 is 1.02 bits per heavy atom. The van der Waals surface area contributed by atoms with Gasteiger partial charge in [0.15, 0.2) is 0 Å². The molecule has 11 nitrogen and oxygen atoms in total. The van der Waals surface area contributed by atoms with E-state index in [-0.39, 0.29) is 18.9 Å². The molecular weight excluding hydrogens is 526 g/mol. The molecule has 0 radical (unpaired) electrons. The number of hydrazone groups is 1. The highest BCUT2D eigenvalue weighted by Gasteiger charge is 2.47. The van der Waals surface area contributed by atoms with Crippen LogP contribution in [-0.4, -0.2) is 75.9 Å². The molecule has 0 spiro atoms. The third-order valence-corrected chi connectivity index (χ3v) is 6.15. The lowest BCUT2D eigenvalue weighted by Gasteiger charge is -2.37. The molecule has 0 aliphatic carbocycles. The van der Waals surface area contributed by atoms with Crippen LogP contribution in [0.25, 0.3) is 0 Å². The largest absolute Gasteiger partial charge is 0.444 e. The highest BCUT2D eigenvalue weighted by molar-refractivity contribution is 5.96. The molecule has 4 amide bonds. The van der Waals surface area contributed by atoms with Gasteiger partial charge in [-0.15, -0.1) is 0 Å². The van der Waals surface area contributed by atoms with E-state index in [1.54, 1.807) is 41.5 Å². The molecule has 3 N–H and O–H groups in total. The molecule has 1 aromatic carbocycles. The van der Waals surface area contributed by atoms with Gasteiger partial charge in [-0.25, -0.2) is 10.2 Å². The average molecular weight is 574 g/mol. The van der Waals surface area contributed by atoms with Crippen molar-refractivity contribution in [2.24, 2.45) is 5.10 Å². The Kier molecular flexibility index (Phi) is 11.5. The van der Waals surface area contributed by atoms with E-state index in [2.05, 4.69) is 21.2 Å². The topological polar surface area (TPSA) is 138 Å². The van der Waals surface area contributed by atoms with Crippen molar-refractivity contribution in [3.8, 4) is 0 Å². The Morgan fingerprint density at radius 3 is 2.17 bits per heavy atom. The van der Waals surface area contributed by atoms with Crippen molar-refractivity contribution in [3.05, 3.63) is 35.9 Å². The van der Waals surface area contributed by atoms with E-state index in [0.29, 0.717) is 5.71 Å². The van der Waals surface area contributed by atoms with Crippen LogP contribution in [0.15, 0.2) is 35.4 Å². The predicted octanol–water partition coefficient (Wildman–Crippen LogP) is 3.31. The Balaban J connectivity index is 2.29. The van der Waals surface area contributed by atoms with Gasteiger partial charge in [0.05, 0.1) is 11.7 Å². The molecule has 41 heavy (non-hydrogen) atoms. The molecule has 1 aliphatic rings. The summed E-state index contributed by atoms with van der Waals surface area (Å²) in [6.45, 7) is 17.9. The number of rotatable bonds is 10. The van der Waals surface area contributed by atoms with Crippen LogP contribution < -0.4 is 16.1 Å². The molecule has 1 saturated heterocycles. The molecule has 0 saturated carbocycles. The van der Waals surface area contributed by atoms with Crippen LogP contribution in [-0.2, 0) is 30.3 Å². The lowest BCUT2D eigenvalue weighted by atomic mass is 10.0. The van der Waals surface area contributed by atoms with E-state index in [4.69, 9.17) is 9.47 Å². The fraction of sp³-hybridized carbons (Fsp3) is 0.633. The zero-order chi connectivity index (χ0) is 31.1. The summed E-state index contributed by atoms with van der Waals surface area (Å²) in [5.74, 6) is -1.43. The second kappa shape index (κ2) is 13.9. The fourth-order valence-electron chi connectivity index (χ4n) is 4.69. The molecule has 228 valence electrons. The number of carbonyl (C=O) groups excluding carboxylic acids is 4. The molecule has 1 heterocycles. The molecule has 1 aromatic rings. The number of ether oxygens (including phenoxy) is 2. The molecule has 1 fully saturated rings. The van der Waals surface area contributed by atoms with Crippen molar-refractivity contribution >= 4 is 29.5 Å². The number of nitrogens with one attached hydrogen (secondary N) is 3. The first-order chi connectivity index (χ1) is 18.9. The number of nitrogens with zero attached hydrogens (tertiary/aromatic N) is 2. The summed E-state index contributed by atoms with van der Waals surface area (Å²) in [4.78, 5) is 54.5. The number of carbonyl (C=O) groups is 4. The highest BCUT2D eigenvalue weighted by Crippen LogP contribution is 2.27. The second-order valence-electron chi connectivity index (χ2n) is 12.7. The summed E-state index contributed by atoms with van der Waals surface area (Å²) in [6, 6.07) is 5.98. The zero-order valence-electron chi connectivity index (χ0n) is 26.0. The molecule has 0 bridgehead atoms. The van der Waals surface area contributed by atoms with Gasteiger partial charge in [-0.3, -0.25) is 14.4 Å². The van der Waals surface area contributed by atoms with Crippen LogP contribution in [0.2, 0.25) is 0 Å². The number of alkyl carbamates (subject to hydrolysis) is 1. The maximum Gasteiger partial charge on any atom is 0.408 e. The van der Waals surface area contributed by atoms with Gasteiger partial charge in [-0.1, -0.05) is 30.3 Å². The standard InChI is InChI=1S/C30H47N5O6/c1-18(2)33-34-26(37)24(20(4)40-29(5,6)7)35-19(3)16-23(27(35)38)31-25(36)22(17-21-14-12-11-13-15-21)32-28(39)41-30(8,9)10/h11-15,19-20,22-24H,16-17H2,1-10H3,(H,31,36)(H,32,39)(H,34,37)/t19?,20-,22+,23+,24+/m1/s1. The summed E-state index contributed by atoms with van der Waals surface area (Å²) >= 11 is 0. The van der Waals surface area contributed by atoms with Gasteiger partial charge in [0, 0.05) is 18.2 Å². The van der Waals surface area contributed by atoms with Crippen molar-refractivity contribution in [1.29, 1.82) is 0 Å². The van der Waals surface area contributed by atoms with Gasteiger partial charge >= 0.3 is 6.09 Å². The summed E-state index contributed by atoms with van der Waals surface area (Å²) in [5, 5.41) is 9.49. The SMILES string of the molecule is CC(C)=NNC(=O)[C@H]([C@@H](C)OC(C)(C)C)N1C(=O)[C@@H](NC(=O)[C@H](Cc2ccccc2)NC(=O)OC(C)(C)C)CC1C. The Bertz CT molecular complexity index is 1100. The smallest absolute Gasteiger partial charge is 0.408 e. The molecule has 0 aromatic heterocycles. The molecule has 5 atom stereocenters. The van der Waals surface area contributed by atoms with Gasteiger partial charge in [-0.05, 0) is 81.2 Å². The number of benzene rings is 1. The summed E-state index contributed by atoms with van der Waals surface area (Å²) in [6.07, 6.45) is -0.931. The van der Waals surface area contributed by atoms with Crippen LogP contribution in [0.3, 0.4) is 0 Å². The Labute approximate surface area is 243 Å². The first kappa shape index (κ1) is 33.7. The van der Waals surface area contributed by atoms with E-state index >= 15 is 0 Å². The third-order valence-electron chi connectivity index (χ3n) is 6.15. The minimum atomic E-state index is -0.992. The Hall–Kier alpha value is -3.47. The van der Waals surface area contributed by atoms with Crippen LogP contribution in [0.5, 0.6) is 0 Å². The summed E-state index contributed by atoms with van der Waals surface area (Å²) < 4.78 is 11.5. The van der Waals surface area contributed by atoms with E-state index in [9.17, 15) is 19.2 Å². The third kappa shape index (κ3) is 10.8. The van der Waals surface area contributed by atoms with Crippen LogP contribution in [0.4, 0.5) is 4.79 Å². The minimum Gasteiger partial charge on any atom is -0.444 e. The van der Waals surface area contributed by atoms with Crippen LogP contribution >= 0.6 is 0 Å².